The zero-order valence-corrected chi connectivity index (χ0v) is 16.8. The van der Waals surface area contributed by atoms with Crippen LogP contribution in [0.25, 0.3) is 0 Å². The molecule has 6 heteroatoms. The molecule has 1 aliphatic heterocycles. The van der Waals surface area contributed by atoms with Gasteiger partial charge in [-0.2, -0.15) is 0 Å². The summed E-state index contributed by atoms with van der Waals surface area (Å²) >= 11 is 0. The molecule has 0 saturated heterocycles. The Bertz CT molecular complexity index is 747. The van der Waals surface area contributed by atoms with E-state index in [9.17, 15) is 0 Å². The van der Waals surface area contributed by atoms with Crippen LogP contribution in [0.15, 0.2) is 53.7 Å². The Kier molecular flexibility index (Phi) is 7.95. The van der Waals surface area contributed by atoms with E-state index in [1.807, 2.05) is 48.5 Å². The van der Waals surface area contributed by atoms with Gasteiger partial charge in [0.05, 0.1) is 33.5 Å². The van der Waals surface area contributed by atoms with Gasteiger partial charge in [-0.1, -0.05) is 29.4 Å². The molecule has 0 amide bonds. The molecule has 0 fully saturated rings. The first kappa shape index (κ1) is 21.1. The molecular formula is C21H27ClN2O3. The van der Waals surface area contributed by atoms with Gasteiger partial charge in [0.25, 0.3) is 0 Å². The second-order valence-electron chi connectivity index (χ2n) is 6.76. The normalized spacial score (nSPS) is 17.0. The lowest BCUT2D eigenvalue weighted by atomic mass is 9.95. The zero-order chi connectivity index (χ0) is 18.4. The third kappa shape index (κ3) is 5.62. The van der Waals surface area contributed by atoms with E-state index >= 15 is 0 Å². The maximum atomic E-state index is 6.20. The summed E-state index contributed by atoms with van der Waals surface area (Å²) in [5, 5.41) is 4.43. The van der Waals surface area contributed by atoms with Crippen molar-refractivity contribution < 1.29 is 31.6 Å². The zero-order valence-electron chi connectivity index (χ0n) is 16.1. The minimum Gasteiger partial charge on any atom is -1.00 e. The Hall–Kier alpha value is -2.24. The van der Waals surface area contributed by atoms with Crippen LogP contribution in [-0.2, 0) is 4.84 Å². The maximum Gasteiger partial charge on any atom is 0.129 e. The predicted molar refractivity (Wildman–Crippen MR) is 102 cm³/mol. The molecule has 0 saturated carbocycles. The van der Waals surface area contributed by atoms with Crippen LogP contribution in [-0.4, -0.2) is 40.1 Å². The number of benzene rings is 2. The highest BCUT2D eigenvalue weighted by Crippen LogP contribution is 2.35. The van der Waals surface area contributed by atoms with Gasteiger partial charge in [-0.05, 0) is 29.8 Å². The number of methoxy groups -OCH3 is 1. The summed E-state index contributed by atoms with van der Waals surface area (Å²) < 4.78 is 11.4. The molecule has 0 aliphatic carbocycles. The van der Waals surface area contributed by atoms with Crippen molar-refractivity contribution in [2.45, 2.75) is 18.9 Å². The lowest BCUT2D eigenvalue weighted by Crippen LogP contribution is -3.05. The van der Waals surface area contributed by atoms with Crippen LogP contribution < -0.4 is 26.8 Å². The largest absolute Gasteiger partial charge is 1.00 e. The van der Waals surface area contributed by atoms with Crippen LogP contribution in [0.3, 0.4) is 0 Å². The number of rotatable bonds is 7. The molecule has 0 bridgehead atoms. The van der Waals surface area contributed by atoms with Crippen molar-refractivity contribution in [3.63, 3.8) is 0 Å². The molecule has 0 aromatic heterocycles. The van der Waals surface area contributed by atoms with Crippen molar-refractivity contribution >= 4 is 5.71 Å². The fourth-order valence-electron chi connectivity index (χ4n) is 2.99. The molecule has 146 valence electrons. The SMILES string of the molecule is COc1ccc(C2C/C(=N\OCCC[NH+](C)C)c3ccccc3O2)cc1.[Cl-]. The second-order valence-corrected chi connectivity index (χ2v) is 6.76. The molecular weight excluding hydrogens is 364 g/mol. The number of fused-ring (bicyclic) bond motifs is 1. The standard InChI is InChI=1S/C21H26N2O3.ClH/c1-23(2)13-6-14-25-22-19-15-21(16-9-11-17(24-3)12-10-16)26-20-8-5-4-7-18(19)20;/h4-5,7-12,21H,6,13-15H2,1-3H3;1H/b22-19+;. The Morgan fingerprint density at radius 1 is 1.11 bits per heavy atom. The topological polar surface area (TPSA) is 44.5 Å². The summed E-state index contributed by atoms with van der Waals surface area (Å²) in [6.45, 7) is 1.70. The first-order chi connectivity index (χ1) is 12.7. The number of halogens is 1. The van der Waals surface area contributed by atoms with Gasteiger partial charge in [0.1, 0.15) is 24.2 Å². The summed E-state index contributed by atoms with van der Waals surface area (Å²) in [6, 6.07) is 16.0. The number of hydrogen-bond donors (Lipinski definition) is 1. The summed E-state index contributed by atoms with van der Waals surface area (Å²) in [7, 11) is 5.95. The molecule has 1 N–H and O–H groups in total. The Balaban J connectivity index is 0.00000261. The van der Waals surface area contributed by atoms with Crippen LogP contribution in [0.4, 0.5) is 0 Å². The van der Waals surface area contributed by atoms with E-state index in [4.69, 9.17) is 14.3 Å². The molecule has 2 aromatic carbocycles. The molecule has 2 aromatic rings. The first-order valence-electron chi connectivity index (χ1n) is 9.05. The van der Waals surface area contributed by atoms with Gasteiger partial charge in [0.15, 0.2) is 0 Å². The minimum atomic E-state index is -0.0793. The second kappa shape index (κ2) is 10.2. The van der Waals surface area contributed by atoms with Crippen molar-refractivity contribution in [2.24, 2.45) is 5.16 Å². The van der Waals surface area contributed by atoms with Crippen LogP contribution in [0, 0.1) is 0 Å². The number of ether oxygens (including phenoxy) is 2. The maximum absolute atomic E-state index is 6.20. The molecule has 27 heavy (non-hydrogen) atoms. The lowest BCUT2D eigenvalue weighted by molar-refractivity contribution is -0.858. The number of para-hydroxylation sites is 1. The highest BCUT2D eigenvalue weighted by atomic mass is 35.5. The van der Waals surface area contributed by atoms with E-state index in [0.29, 0.717) is 13.0 Å². The fraction of sp³-hybridized carbons (Fsp3) is 0.381. The highest BCUT2D eigenvalue weighted by molar-refractivity contribution is 6.03. The van der Waals surface area contributed by atoms with Crippen LogP contribution >= 0.6 is 0 Å². The van der Waals surface area contributed by atoms with Crippen molar-refractivity contribution in [1.82, 2.24) is 0 Å². The lowest BCUT2D eigenvalue weighted by Gasteiger charge is -2.27. The van der Waals surface area contributed by atoms with Crippen LogP contribution in [0.5, 0.6) is 11.5 Å². The third-order valence-electron chi connectivity index (χ3n) is 4.42. The van der Waals surface area contributed by atoms with Crippen LogP contribution in [0.1, 0.15) is 30.1 Å². The summed E-state index contributed by atoms with van der Waals surface area (Å²) in [6.07, 6.45) is 1.59. The van der Waals surface area contributed by atoms with E-state index in [0.717, 1.165) is 41.3 Å². The van der Waals surface area contributed by atoms with Gasteiger partial charge in [-0.3, -0.25) is 0 Å². The average molecular weight is 391 g/mol. The summed E-state index contributed by atoms with van der Waals surface area (Å²) in [4.78, 5) is 7.01. The highest BCUT2D eigenvalue weighted by Gasteiger charge is 2.26. The molecule has 0 spiro atoms. The molecule has 1 heterocycles. The van der Waals surface area contributed by atoms with Gasteiger partial charge in [-0.25, -0.2) is 0 Å². The average Bonchev–Trinajstić information content (AvgIpc) is 2.67. The van der Waals surface area contributed by atoms with Gasteiger partial charge in [0.2, 0.25) is 0 Å². The van der Waals surface area contributed by atoms with E-state index in [1.54, 1.807) is 7.11 Å². The number of nitrogens with one attached hydrogen (secondary N) is 1. The van der Waals surface area contributed by atoms with E-state index in [1.165, 1.54) is 4.90 Å². The van der Waals surface area contributed by atoms with Gasteiger partial charge < -0.3 is 31.6 Å². The quantitative estimate of drug-likeness (QED) is 0.511. The number of nitrogens with zero attached hydrogens (tertiary/aromatic N) is 1. The fourth-order valence-corrected chi connectivity index (χ4v) is 2.99. The Morgan fingerprint density at radius 3 is 2.56 bits per heavy atom. The number of oxime groups is 1. The van der Waals surface area contributed by atoms with E-state index in [2.05, 4.69) is 19.3 Å². The third-order valence-corrected chi connectivity index (χ3v) is 4.42. The molecule has 1 atom stereocenters. The van der Waals surface area contributed by atoms with Gasteiger partial charge in [-0.15, -0.1) is 0 Å². The minimum absolute atomic E-state index is 0. The molecule has 1 unspecified atom stereocenters. The molecule has 3 rings (SSSR count). The molecule has 0 radical (unpaired) electrons. The monoisotopic (exact) mass is 390 g/mol. The van der Waals surface area contributed by atoms with Crippen molar-refractivity contribution in [2.75, 3.05) is 34.4 Å². The van der Waals surface area contributed by atoms with Crippen molar-refractivity contribution in [1.29, 1.82) is 0 Å². The summed E-state index contributed by atoms with van der Waals surface area (Å²) in [5.74, 6) is 1.69. The van der Waals surface area contributed by atoms with Crippen LogP contribution in [0.2, 0.25) is 0 Å². The first-order valence-corrected chi connectivity index (χ1v) is 9.05. The number of hydrogen-bond acceptors (Lipinski definition) is 4. The smallest absolute Gasteiger partial charge is 0.129 e. The predicted octanol–water partition coefficient (Wildman–Crippen LogP) is -0.522. The van der Waals surface area contributed by atoms with Crippen molar-refractivity contribution in [3.05, 3.63) is 59.7 Å². The molecule has 1 aliphatic rings. The van der Waals surface area contributed by atoms with E-state index in [-0.39, 0.29) is 18.5 Å². The number of quaternary nitrogens is 1. The van der Waals surface area contributed by atoms with Gasteiger partial charge in [0, 0.05) is 18.4 Å². The van der Waals surface area contributed by atoms with Crippen molar-refractivity contribution in [3.8, 4) is 11.5 Å². The Morgan fingerprint density at radius 2 is 1.85 bits per heavy atom. The van der Waals surface area contributed by atoms with E-state index < -0.39 is 0 Å². The van der Waals surface area contributed by atoms with Gasteiger partial charge >= 0.3 is 0 Å². The summed E-state index contributed by atoms with van der Waals surface area (Å²) in [5.41, 5.74) is 3.05. The Labute approximate surface area is 167 Å². The molecule has 5 nitrogen and oxygen atoms in total.